The molecule has 7 heteroatoms. The minimum absolute atomic E-state index is 0.413. The molecule has 0 amide bonds. The molecular formula is C8H17NO5S. The van der Waals surface area contributed by atoms with E-state index < -0.39 is 37.3 Å². The Kier molecular flexibility index (Phi) is 5.27. The molecule has 0 radical (unpaired) electrons. The van der Waals surface area contributed by atoms with E-state index in [9.17, 15) is 15.3 Å². The molecule has 15 heavy (non-hydrogen) atoms. The van der Waals surface area contributed by atoms with Gasteiger partial charge in [0.1, 0.15) is 30.6 Å². The van der Waals surface area contributed by atoms with Crippen molar-refractivity contribution in [1.29, 1.82) is 0 Å². The molecule has 1 fully saturated rings. The summed E-state index contributed by atoms with van der Waals surface area (Å²) in [6, 6.07) is 0. The normalized spacial score (nSPS) is 41.8. The molecule has 90 valence electrons. The Labute approximate surface area is 93.3 Å². The van der Waals surface area contributed by atoms with Gasteiger partial charge >= 0.3 is 0 Å². The molecule has 1 rings (SSSR count). The second-order valence-corrected chi connectivity index (χ2v) is 3.87. The first-order valence-corrected chi connectivity index (χ1v) is 5.39. The Hall–Kier alpha value is 0.110. The van der Waals surface area contributed by atoms with Crippen LogP contribution in [0, 0.1) is 0 Å². The van der Waals surface area contributed by atoms with Gasteiger partial charge < -0.3 is 25.2 Å². The smallest absolute Gasteiger partial charge is 0.137 e. The molecule has 0 aromatic carbocycles. The number of ether oxygens (including phenoxy) is 1. The van der Waals surface area contributed by atoms with Gasteiger partial charge in [0, 0.05) is 12.3 Å². The predicted molar refractivity (Wildman–Crippen MR) is 55.6 cm³/mol. The van der Waals surface area contributed by atoms with Crippen LogP contribution in [0.25, 0.3) is 0 Å². The van der Waals surface area contributed by atoms with Crippen molar-refractivity contribution in [2.75, 3.05) is 18.9 Å². The lowest BCUT2D eigenvalue weighted by atomic mass is 9.98. The third-order valence-corrected chi connectivity index (χ3v) is 2.57. The average molecular weight is 239 g/mol. The predicted octanol–water partition coefficient (Wildman–Crippen LogP) is -2.69. The first-order valence-electron chi connectivity index (χ1n) is 4.76. The number of hydrogen-bond donors (Lipinski definition) is 6. The summed E-state index contributed by atoms with van der Waals surface area (Å²) in [6.07, 6.45) is -5.51. The summed E-state index contributed by atoms with van der Waals surface area (Å²) in [6.45, 7) is 0.0792. The van der Waals surface area contributed by atoms with E-state index >= 15 is 0 Å². The highest BCUT2D eigenvalue weighted by Gasteiger charge is 2.42. The lowest BCUT2D eigenvalue weighted by Gasteiger charge is -2.40. The summed E-state index contributed by atoms with van der Waals surface area (Å²) in [7, 11) is 0. The van der Waals surface area contributed by atoms with E-state index in [-0.39, 0.29) is 0 Å². The maximum absolute atomic E-state index is 9.54. The number of aliphatic hydroxyl groups excluding tert-OH is 4. The summed E-state index contributed by atoms with van der Waals surface area (Å²) >= 11 is 3.97. The molecule has 0 aliphatic carbocycles. The number of hydrogen-bond acceptors (Lipinski definition) is 7. The van der Waals surface area contributed by atoms with Gasteiger partial charge in [-0.2, -0.15) is 12.6 Å². The van der Waals surface area contributed by atoms with Crippen LogP contribution in [-0.2, 0) is 4.74 Å². The van der Waals surface area contributed by atoms with Gasteiger partial charge in [-0.3, -0.25) is 5.32 Å². The van der Waals surface area contributed by atoms with E-state index in [1.165, 1.54) is 0 Å². The van der Waals surface area contributed by atoms with E-state index in [2.05, 4.69) is 17.9 Å². The number of aliphatic hydroxyl groups is 4. The Morgan fingerprint density at radius 2 is 1.80 bits per heavy atom. The fourth-order valence-corrected chi connectivity index (χ4v) is 1.61. The van der Waals surface area contributed by atoms with E-state index in [0.29, 0.717) is 12.3 Å². The minimum Gasteiger partial charge on any atom is -0.394 e. The van der Waals surface area contributed by atoms with E-state index in [4.69, 9.17) is 9.84 Å². The van der Waals surface area contributed by atoms with E-state index in [1.807, 2.05) is 0 Å². The molecule has 1 aliphatic rings. The molecule has 1 saturated heterocycles. The van der Waals surface area contributed by atoms with Crippen molar-refractivity contribution in [3.05, 3.63) is 0 Å². The molecule has 0 bridgehead atoms. The van der Waals surface area contributed by atoms with Gasteiger partial charge in [0.15, 0.2) is 0 Å². The van der Waals surface area contributed by atoms with Gasteiger partial charge in [0.2, 0.25) is 0 Å². The molecule has 0 aromatic rings. The summed E-state index contributed by atoms with van der Waals surface area (Å²) in [5.74, 6) is 0.551. The monoisotopic (exact) mass is 239 g/mol. The molecule has 1 heterocycles. The molecule has 1 unspecified atom stereocenters. The fourth-order valence-electron chi connectivity index (χ4n) is 1.48. The molecular weight excluding hydrogens is 222 g/mol. The zero-order valence-corrected chi connectivity index (χ0v) is 9.05. The lowest BCUT2D eigenvalue weighted by molar-refractivity contribution is -0.236. The molecule has 0 saturated carbocycles. The minimum atomic E-state index is -1.33. The zero-order valence-electron chi connectivity index (χ0n) is 8.15. The van der Waals surface area contributed by atoms with Crippen LogP contribution >= 0.6 is 12.6 Å². The van der Waals surface area contributed by atoms with Gasteiger partial charge in [0.25, 0.3) is 0 Å². The van der Waals surface area contributed by atoms with Crippen molar-refractivity contribution in [1.82, 2.24) is 5.32 Å². The summed E-state index contributed by atoms with van der Waals surface area (Å²) in [5, 5.41) is 40.1. The quantitative estimate of drug-likeness (QED) is 0.299. The van der Waals surface area contributed by atoms with Gasteiger partial charge in [-0.05, 0) is 0 Å². The Bertz CT molecular complexity index is 194. The topological polar surface area (TPSA) is 102 Å². The van der Waals surface area contributed by atoms with Crippen LogP contribution in [0.4, 0.5) is 0 Å². The summed E-state index contributed by atoms with van der Waals surface area (Å²) in [4.78, 5) is 0. The third kappa shape index (κ3) is 3.04. The second kappa shape index (κ2) is 6.00. The van der Waals surface area contributed by atoms with Crippen LogP contribution in [0.3, 0.4) is 0 Å². The van der Waals surface area contributed by atoms with Gasteiger partial charge in [0.05, 0.1) is 6.61 Å². The largest absolute Gasteiger partial charge is 0.394 e. The van der Waals surface area contributed by atoms with Crippen LogP contribution in [0.1, 0.15) is 0 Å². The highest BCUT2D eigenvalue weighted by Crippen LogP contribution is 2.19. The number of rotatable bonds is 4. The van der Waals surface area contributed by atoms with Gasteiger partial charge in [-0.15, -0.1) is 0 Å². The van der Waals surface area contributed by atoms with Crippen molar-refractivity contribution in [3.8, 4) is 0 Å². The van der Waals surface area contributed by atoms with E-state index in [0.717, 1.165) is 0 Å². The third-order valence-electron chi connectivity index (χ3n) is 2.35. The maximum Gasteiger partial charge on any atom is 0.137 e. The lowest BCUT2D eigenvalue weighted by Crippen LogP contribution is -2.62. The summed E-state index contributed by atoms with van der Waals surface area (Å²) in [5.41, 5.74) is 0. The Morgan fingerprint density at radius 3 is 2.33 bits per heavy atom. The van der Waals surface area contributed by atoms with Gasteiger partial charge in [-0.25, -0.2) is 0 Å². The van der Waals surface area contributed by atoms with Crippen LogP contribution < -0.4 is 5.32 Å². The maximum atomic E-state index is 9.54. The fraction of sp³-hybridized carbons (Fsp3) is 1.00. The van der Waals surface area contributed by atoms with Crippen LogP contribution in [0.2, 0.25) is 0 Å². The molecule has 0 aromatic heterocycles. The van der Waals surface area contributed by atoms with Crippen molar-refractivity contribution >= 4 is 12.6 Å². The van der Waals surface area contributed by atoms with Crippen LogP contribution in [0.15, 0.2) is 0 Å². The highest BCUT2D eigenvalue weighted by molar-refractivity contribution is 7.80. The SMILES string of the molecule is OC[C@H]1OC(NCCS)[C@H](O)[C@@H](O)[C@@H]1O. The number of nitrogens with one attached hydrogen (secondary N) is 1. The summed E-state index contributed by atoms with van der Waals surface area (Å²) < 4.78 is 5.18. The standard InChI is InChI=1S/C8H17NO5S/c10-3-4-5(11)6(12)7(13)8(14-4)9-1-2-15/h4-13,15H,1-3H2/t4-,5-,6+,7-,8?/m1/s1. The number of thiol groups is 1. The van der Waals surface area contributed by atoms with E-state index in [1.54, 1.807) is 0 Å². The molecule has 6 nitrogen and oxygen atoms in total. The molecule has 5 atom stereocenters. The first-order chi connectivity index (χ1) is 7.11. The van der Waals surface area contributed by atoms with Crippen molar-refractivity contribution in [2.24, 2.45) is 0 Å². The Balaban J connectivity index is 2.57. The molecule has 0 spiro atoms. The van der Waals surface area contributed by atoms with Crippen LogP contribution in [0.5, 0.6) is 0 Å². The van der Waals surface area contributed by atoms with Gasteiger partial charge in [-0.1, -0.05) is 0 Å². The van der Waals surface area contributed by atoms with Crippen molar-refractivity contribution in [3.63, 3.8) is 0 Å². The highest BCUT2D eigenvalue weighted by atomic mass is 32.1. The zero-order chi connectivity index (χ0) is 11.4. The van der Waals surface area contributed by atoms with Crippen molar-refractivity contribution in [2.45, 2.75) is 30.6 Å². The molecule has 5 N–H and O–H groups in total. The Morgan fingerprint density at radius 1 is 1.13 bits per heavy atom. The first kappa shape index (κ1) is 13.2. The molecule has 1 aliphatic heterocycles. The van der Waals surface area contributed by atoms with Crippen LogP contribution in [-0.4, -0.2) is 70.0 Å². The van der Waals surface area contributed by atoms with Crippen molar-refractivity contribution < 1.29 is 25.2 Å². The second-order valence-electron chi connectivity index (χ2n) is 3.43. The average Bonchev–Trinajstić information content (AvgIpc) is 2.25.